The number of rotatable bonds is 2. The van der Waals surface area contributed by atoms with Crippen LogP contribution in [0.3, 0.4) is 0 Å². The predicted octanol–water partition coefficient (Wildman–Crippen LogP) is 1.65. The molecule has 4 heteroatoms. The number of hydrogen-bond donors (Lipinski definition) is 1. The fourth-order valence-corrected chi connectivity index (χ4v) is 0.932. The van der Waals surface area contributed by atoms with E-state index in [-0.39, 0.29) is 0 Å². The molecule has 0 spiro atoms. The highest BCUT2D eigenvalue weighted by Crippen LogP contribution is 1.97. The molecule has 0 aromatic carbocycles. The van der Waals surface area contributed by atoms with Gasteiger partial charge in [-0.3, -0.25) is 0 Å². The summed E-state index contributed by atoms with van der Waals surface area (Å²) < 4.78 is 0. The summed E-state index contributed by atoms with van der Waals surface area (Å²) in [5, 5.41) is 3.74. The first kappa shape index (κ1) is 10.0. The Morgan fingerprint density at radius 2 is 2.15 bits per heavy atom. The predicted molar refractivity (Wildman–Crippen MR) is 56.9 cm³/mol. The van der Waals surface area contributed by atoms with Crippen molar-refractivity contribution in [1.29, 1.82) is 0 Å². The molecular formula is C9H10BrN3. The van der Waals surface area contributed by atoms with E-state index in [1.165, 1.54) is 0 Å². The molecule has 0 aliphatic carbocycles. The van der Waals surface area contributed by atoms with Crippen LogP contribution in [0.2, 0.25) is 0 Å². The van der Waals surface area contributed by atoms with Crippen LogP contribution in [0.1, 0.15) is 12.0 Å². The van der Waals surface area contributed by atoms with Crippen LogP contribution in [-0.2, 0) is 0 Å². The Hall–Kier alpha value is -1.08. The van der Waals surface area contributed by atoms with Gasteiger partial charge in [0.05, 0.1) is 5.56 Å². The minimum absolute atomic E-state index is 0.617. The van der Waals surface area contributed by atoms with E-state index in [0.29, 0.717) is 5.95 Å². The maximum absolute atomic E-state index is 4.04. The van der Waals surface area contributed by atoms with Crippen LogP contribution in [0.25, 0.3) is 0 Å². The summed E-state index contributed by atoms with van der Waals surface area (Å²) in [5.74, 6) is 6.57. The molecule has 0 aliphatic heterocycles. The Kier molecular flexibility index (Phi) is 4.27. The summed E-state index contributed by atoms with van der Waals surface area (Å²) in [7, 11) is 1.78. The molecular weight excluding hydrogens is 230 g/mol. The van der Waals surface area contributed by atoms with Gasteiger partial charge in [-0.2, -0.15) is 0 Å². The zero-order valence-corrected chi connectivity index (χ0v) is 8.93. The van der Waals surface area contributed by atoms with Crippen LogP contribution >= 0.6 is 15.9 Å². The SMILES string of the molecule is CNc1ncc(C#CCCBr)cn1. The van der Waals surface area contributed by atoms with Crippen LogP contribution in [-0.4, -0.2) is 22.3 Å². The van der Waals surface area contributed by atoms with Gasteiger partial charge in [0.2, 0.25) is 5.95 Å². The van der Waals surface area contributed by atoms with Crippen molar-refractivity contribution >= 4 is 21.9 Å². The van der Waals surface area contributed by atoms with E-state index in [4.69, 9.17) is 0 Å². The van der Waals surface area contributed by atoms with Crippen molar-refractivity contribution in [2.24, 2.45) is 0 Å². The molecule has 1 N–H and O–H groups in total. The van der Waals surface area contributed by atoms with Crippen molar-refractivity contribution in [3.05, 3.63) is 18.0 Å². The van der Waals surface area contributed by atoms with Gasteiger partial charge in [-0.15, -0.1) is 0 Å². The Labute approximate surface area is 86.1 Å². The Morgan fingerprint density at radius 1 is 1.46 bits per heavy atom. The second kappa shape index (κ2) is 5.55. The molecule has 0 unspecified atom stereocenters. The third kappa shape index (κ3) is 3.43. The number of halogens is 1. The summed E-state index contributed by atoms with van der Waals surface area (Å²) in [6.45, 7) is 0. The molecule has 0 fully saturated rings. The first-order valence-corrected chi connectivity index (χ1v) is 5.03. The zero-order chi connectivity index (χ0) is 9.52. The van der Waals surface area contributed by atoms with Crippen molar-refractivity contribution in [3.63, 3.8) is 0 Å². The lowest BCUT2D eigenvalue weighted by Crippen LogP contribution is -1.95. The smallest absolute Gasteiger partial charge is 0.222 e. The standard InChI is InChI=1S/C9H10BrN3/c1-11-9-12-6-8(7-13-9)4-2-3-5-10/h6-7H,3,5H2,1H3,(H,11,12,13). The topological polar surface area (TPSA) is 37.8 Å². The summed E-state index contributed by atoms with van der Waals surface area (Å²) in [6.07, 6.45) is 4.26. The van der Waals surface area contributed by atoms with Crippen molar-refractivity contribution in [2.45, 2.75) is 6.42 Å². The average molecular weight is 240 g/mol. The lowest BCUT2D eigenvalue weighted by molar-refractivity contribution is 1.14. The fourth-order valence-electron chi connectivity index (χ4n) is 0.733. The highest BCUT2D eigenvalue weighted by atomic mass is 79.9. The minimum atomic E-state index is 0.617. The van der Waals surface area contributed by atoms with E-state index in [9.17, 15) is 0 Å². The van der Waals surface area contributed by atoms with Gasteiger partial charge in [-0.25, -0.2) is 9.97 Å². The van der Waals surface area contributed by atoms with E-state index in [1.54, 1.807) is 19.4 Å². The van der Waals surface area contributed by atoms with Crippen LogP contribution in [0.4, 0.5) is 5.95 Å². The highest BCUT2D eigenvalue weighted by molar-refractivity contribution is 9.09. The number of nitrogens with one attached hydrogen (secondary N) is 1. The first-order chi connectivity index (χ1) is 6.36. The third-order valence-corrected chi connectivity index (χ3v) is 1.72. The highest BCUT2D eigenvalue weighted by Gasteiger charge is 1.90. The molecule has 1 rings (SSSR count). The van der Waals surface area contributed by atoms with Crippen LogP contribution < -0.4 is 5.32 Å². The normalized spacial score (nSPS) is 8.77. The molecule has 0 radical (unpaired) electrons. The molecule has 0 saturated heterocycles. The summed E-state index contributed by atoms with van der Waals surface area (Å²) in [4.78, 5) is 8.08. The van der Waals surface area contributed by atoms with Crippen molar-refractivity contribution < 1.29 is 0 Å². The molecule has 0 aliphatic rings. The Morgan fingerprint density at radius 3 is 2.69 bits per heavy atom. The van der Waals surface area contributed by atoms with Crippen LogP contribution in [0.5, 0.6) is 0 Å². The van der Waals surface area contributed by atoms with Gasteiger partial charge in [-0.1, -0.05) is 27.8 Å². The molecule has 0 saturated carbocycles. The third-order valence-electron chi connectivity index (χ3n) is 1.33. The number of hydrogen-bond acceptors (Lipinski definition) is 3. The molecule has 1 heterocycles. The molecule has 1 aromatic heterocycles. The largest absolute Gasteiger partial charge is 0.357 e. The number of aromatic nitrogens is 2. The van der Waals surface area contributed by atoms with Gasteiger partial charge in [0.15, 0.2) is 0 Å². The molecule has 1 aromatic rings. The molecule has 0 amide bonds. The molecule has 13 heavy (non-hydrogen) atoms. The summed E-state index contributed by atoms with van der Waals surface area (Å²) in [6, 6.07) is 0. The fraction of sp³-hybridized carbons (Fsp3) is 0.333. The second-order valence-corrected chi connectivity index (χ2v) is 3.08. The molecule has 0 atom stereocenters. The average Bonchev–Trinajstić information content (AvgIpc) is 2.19. The zero-order valence-electron chi connectivity index (χ0n) is 7.34. The lowest BCUT2D eigenvalue weighted by atomic mass is 10.3. The van der Waals surface area contributed by atoms with E-state index >= 15 is 0 Å². The minimum Gasteiger partial charge on any atom is -0.357 e. The van der Waals surface area contributed by atoms with Gasteiger partial charge in [0.25, 0.3) is 0 Å². The van der Waals surface area contributed by atoms with Crippen molar-refractivity contribution in [2.75, 3.05) is 17.7 Å². The van der Waals surface area contributed by atoms with Gasteiger partial charge in [-0.05, 0) is 0 Å². The quantitative estimate of drug-likeness (QED) is 0.631. The van der Waals surface area contributed by atoms with Gasteiger partial charge in [0, 0.05) is 31.2 Å². The Balaban J connectivity index is 2.65. The van der Waals surface area contributed by atoms with Gasteiger partial charge < -0.3 is 5.32 Å². The van der Waals surface area contributed by atoms with Gasteiger partial charge >= 0.3 is 0 Å². The van der Waals surface area contributed by atoms with E-state index in [0.717, 1.165) is 17.3 Å². The van der Waals surface area contributed by atoms with Crippen molar-refractivity contribution in [1.82, 2.24) is 9.97 Å². The van der Waals surface area contributed by atoms with Crippen LogP contribution in [0, 0.1) is 11.8 Å². The Bertz CT molecular complexity index is 310. The number of alkyl halides is 1. The van der Waals surface area contributed by atoms with E-state index < -0.39 is 0 Å². The number of anilines is 1. The summed E-state index contributed by atoms with van der Waals surface area (Å²) >= 11 is 3.30. The molecule has 68 valence electrons. The monoisotopic (exact) mass is 239 g/mol. The van der Waals surface area contributed by atoms with Gasteiger partial charge in [0.1, 0.15) is 0 Å². The lowest BCUT2D eigenvalue weighted by Gasteiger charge is -1.95. The maximum Gasteiger partial charge on any atom is 0.222 e. The molecule has 0 bridgehead atoms. The maximum atomic E-state index is 4.04. The first-order valence-electron chi connectivity index (χ1n) is 3.91. The van der Waals surface area contributed by atoms with E-state index in [1.807, 2.05) is 0 Å². The van der Waals surface area contributed by atoms with Crippen molar-refractivity contribution in [3.8, 4) is 11.8 Å². The molecule has 3 nitrogen and oxygen atoms in total. The summed E-state index contributed by atoms with van der Waals surface area (Å²) in [5.41, 5.74) is 0.847. The van der Waals surface area contributed by atoms with E-state index in [2.05, 4.69) is 43.1 Å². The van der Waals surface area contributed by atoms with Crippen LogP contribution in [0.15, 0.2) is 12.4 Å². The number of nitrogens with zero attached hydrogens (tertiary/aromatic N) is 2. The second-order valence-electron chi connectivity index (χ2n) is 2.29.